The van der Waals surface area contributed by atoms with E-state index in [2.05, 4.69) is 25.9 Å². The molecule has 1 aromatic heterocycles. The van der Waals surface area contributed by atoms with Crippen molar-refractivity contribution in [3.63, 3.8) is 0 Å². The number of piperidine rings is 1. The third kappa shape index (κ3) is 5.18. The lowest BCUT2D eigenvalue weighted by molar-refractivity contribution is -0.139. The number of tetrazole rings is 1. The molecule has 196 valence electrons. The van der Waals surface area contributed by atoms with Gasteiger partial charge in [0.15, 0.2) is 0 Å². The summed E-state index contributed by atoms with van der Waals surface area (Å²) < 4.78 is 85.5. The molecular formula is C23H20F6N6O2. The Bertz CT molecular complexity index is 1250. The van der Waals surface area contributed by atoms with E-state index >= 15 is 0 Å². The number of halogens is 6. The maximum atomic E-state index is 13.8. The Morgan fingerprint density at radius 1 is 0.973 bits per heavy atom. The molecule has 2 bridgehead atoms. The second-order valence-electron chi connectivity index (χ2n) is 8.95. The predicted octanol–water partition coefficient (Wildman–Crippen LogP) is 5.51. The minimum atomic E-state index is -4.68. The van der Waals surface area contributed by atoms with Crippen LogP contribution in [0.1, 0.15) is 36.8 Å². The highest BCUT2D eigenvalue weighted by molar-refractivity contribution is 5.90. The molecule has 0 spiro atoms. The predicted molar refractivity (Wildman–Crippen MR) is 117 cm³/mol. The lowest BCUT2D eigenvalue weighted by Gasteiger charge is -2.39. The van der Waals surface area contributed by atoms with Crippen LogP contribution in [-0.2, 0) is 12.4 Å². The van der Waals surface area contributed by atoms with E-state index in [1.807, 2.05) is 0 Å². The topological polar surface area (TPSA) is 96.0 Å². The molecule has 1 unspecified atom stereocenters. The van der Waals surface area contributed by atoms with Crippen molar-refractivity contribution in [2.24, 2.45) is 0 Å². The number of hydrogen-bond donors (Lipinski definition) is 2. The summed E-state index contributed by atoms with van der Waals surface area (Å²) in [5.74, 6) is -0.311. The number of carbonyl (C=O) groups excluding carboxylic acids is 1. The SMILES string of the molecule is O=C(Nc1ccc(C(F)(F)F)cc1)N1[C@@H]2CC[C@H]1CC(Oc1ccc(-c3nn[nH]n3)cc1C(F)(F)F)C2. The van der Waals surface area contributed by atoms with E-state index in [0.29, 0.717) is 25.7 Å². The fourth-order valence-corrected chi connectivity index (χ4v) is 4.94. The Labute approximate surface area is 206 Å². The highest BCUT2D eigenvalue weighted by Gasteiger charge is 2.45. The molecule has 3 aromatic rings. The van der Waals surface area contributed by atoms with Gasteiger partial charge in [0, 0.05) is 36.2 Å². The van der Waals surface area contributed by atoms with Crippen LogP contribution in [-0.4, -0.2) is 49.7 Å². The molecule has 2 aliphatic rings. The molecule has 14 heteroatoms. The Morgan fingerprint density at radius 2 is 1.65 bits per heavy atom. The summed E-state index contributed by atoms with van der Waals surface area (Å²) in [6.07, 6.45) is -7.78. The molecule has 3 atom stereocenters. The lowest BCUT2D eigenvalue weighted by atomic mass is 9.99. The standard InChI is InChI=1S/C23H20F6N6O2/c24-22(25,26)13-2-4-14(5-3-13)30-21(36)35-15-6-7-16(35)11-17(10-15)37-19-8-1-12(20-31-33-34-32-20)9-18(19)23(27,28)29/h1-5,8-9,15-17H,6-7,10-11H2,(H,30,36)(H,31,32,33,34)/t15-,16+,17?. The van der Waals surface area contributed by atoms with E-state index in [-0.39, 0.29) is 34.9 Å². The molecule has 8 nitrogen and oxygen atoms in total. The van der Waals surface area contributed by atoms with Crippen LogP contribution in [0.2, 0.25) is 0 Å². The van der Waals surface area contributed by atoms with Crippen molar-refractivity contribution in [1.29, 1.82) is 0 Å². The van der Waals surface area contributed by atoms with E-state index in [4.69, 9.17) is 4.74 Å². The van der Waals surface area contributed by atoms with Crippen LogP contribution in [0.25, 0.3) is 11.4 Å². The lowest BCUT2D eigenvalue weighted by Crippen LogP contribution is -2.50. The first kappa shape index (κ1) is 24.8. The van der Waals surface area contributed by atoms with Crippen molar-refractivity contribution in [2.45, 2.75) is 56.2 Å². The van der Waals surface area contributed by atoms with E-state index in [0.717, 1.165) is 18.2 Å². The summed E-state index contributed by atoms with van der Waals surface area (Å²) in [4.78, 5) is 14.5. The third-order valence-corrected chi connectivity index (χ3v) is 6.57. The number of alkyl halides is 6. The van der Waals surface area contributed by atoms with Gasteiger partial charge in [-0.05, 0) is 60.5 Å². The average molecular weight is 526 g/mol. The van der Waals surface area contributed by atoms with Crippen LogP contribution < -0.4 is 10.1 Å². The number of rotatable bonds is 4. The first-order chi connectivity index (χ1) is 17.5. The third-order valence-electron chi connectivity index (χ3n) is 6.57. The van der Waals surface area contributed by atoms with Crippen LogP contribution in [0.4, 0.5) is 36.8 Å². The van der Waals surface area contributed by atoms with Crippen LogP contribution >= 0.6 is 0 Å². The molecule has 5 rings (SSSR count). The molecule has 3 heterocycles. The molecule has 0 radical (unpaired) electrons. The van der Waals surface area contributed by atoms with Gasteiger partial charge >= 0.3 is 18.4 Å². The number of benzene rings is 2. The van der Waals surface area contributed by atoms with Crippen LogP contribution in [0.15, 0.2) is 42.5 Å². The fourth-order valence-electron chi connectivity index (χ4n) is 4.94. The van der Waals surface area contributed by atoms with E-state index in [1.54, 1.807) is 4.90 Å². The minimum absolute atomic E-state index is 0.0162. The molecule has 37 heavy (non-hydrogen) atoms. The van der Waals surface area contributed by atoms with E-state index in [1.165, 1.54) is 24.3 Å². The van der Waals surface area contributed by atoms with Crippen LogP contribution in [0.5, 0.6) is 5.75 Å². The fraction of sp³-hybridized carbons (Fsp3) is 0.391. The molecular weight excluding hydrogens is 506 g/mol. The Kier molecular flexibility index (Phi) is 6.20. The molecule has 0 aliphatic carbocycles. The number of amides is 2. The summed E-state index contributed by atoms with van der Waals surface area (Å²) >= 11 is 0. The zero-order valence-corrected chi connectivity index (χ0v) is 19.0. The molecule has 2 amide bonds. The summed E-state index contributed by atoms with van der Waals surface area (Å²) in [6, 6.07) is 6.64. The number of urea groups is 1. The van der Waals surface area contributed by atoms with Crippen molar-refractivity contribution < 1.29 is 35.9 Å². The van der Waals surface area contributed by atoms with Gasteiger partial charge in [-0.1, -0.05) is 0 Å². The number of fused-ring (bicyclic) bond motifs is 2. The summed E-state index contributed by atoms with van der Waals surface area (Å²) in [5, 5.41) is 15.6. The van der Waals surface area contributed by atoms with Crippen molar-refractivity contribution in [3.05, 3.63) is 53.6 Å². The maximum Gasteiger partial charge on any atom is 0.419 e. The van der Waals surface area contributed by atoms with Gasteiger partial charge < -0.3 is 15.0 Å². The van der Waals surface area contributed by atoms with Gasteiger partial charge in [-0.3, -0.25) is 0 Å². The number of hydrogen-bond acceptors (Lipinski definition) is 5. The van der Waals surface area contributed by atoms with Crippen molar-refractivity contribution >= 4 is 11.7 Å². The quantitative estimate of drug-likeness (QED) is 0.437. The zero-order valence-electron chi connectivity index (χ0n) is 19.0. The van der Waals surface area contributed by atoms with E-state index < -0.39 is 35.6 Å². The van der Waals surface area contributed by atoms with Crippen molar-refractivity contribution in [2.75, 3.05) is 5.32 Å². The largest absolute Gasteiger partial charge is 0.490 e. The van der Waals surface area contributed by atoms with Crippen molar-refractivity contribution in [1.82, 2.24) is 25.5 Å². The average Bonchev–Trinajstić information content (AvgIpc) is 3.45. The maximum absolute atomic E-state index is 13.8. The van der Waals surface area contributed by atoms with Gasteiger partial charge in [0.25, 0.3) is 0 Å². The zero-order chi connectivity index (χ0) is 26.4. The number of nitrogens with zero attached hydrogens (tertiary/aromatic N) is 4. The van der Waals surface area contributed by atoms with Gasteiger partial charge in [-0.15, -0.1) is 10.2 Å². The Hall–Kier alpha value is -3.84. The first-order valence-electron chi connectivity index (χ1n) is 11.4. The number of aromatic nitrogens is 4. The van der Waals surface area contributed by atoms with Gasteiger partial charge in [0.05, 0.1) is 11.1 Å². The second kappa shape index (κ2) is 9.23. The minimum Gasteiger partial charge on any atom is -0.490 e. The van der Waals surface area contributed by atoms with Gasteiger partial charge in [-0.2, -0.15) is 31.6 Å². The normalized spacial score (nSPS) is 21.7. The number of anilines is 1. The molecule has 2 aromatic carbocycles. The van der Waals surface area contributed by atoms with E-state index in [9.17, 15) is 31.1 Å². The number of nitrogens with one attached hydrogen (secondary N) is 2. The Balaban J connectivity index is 1.27. The summed E-state index contributed by atoms with van der Waals surface area (Å²) in [5.41, 5.74) is -1.45. The van der Waals surface area contributed by atoms with Crippen LogP contribution in [0.3, 0.4) is 0 Å². The molecule has 2 saturated heterocycles. The Morgan fingerprint density at radius 3 is 2.22 bits per heavy atom. The highest BCUT2D eigenvalue weighted by Crippen LogP contribution is 2.42. The highest BCUT2D eigenvalue weighted by atomic mass is 19.4. The smallest absolute Gasteiger partial charge is 0.419 e. The second-order valence-corrected chi connectivity index (χ2v) is 8.95. The van der Waals surface area contributed by atoms with Crippen LogP contribution in [0, 0.1) is 0 Å². The van der Waals surface area contributed by atoms with Gasteiger partial charge in [0.2, 0.25) is 5.82 Å². The number of carbonyl (C=O) groups is 1. The molecule has 0 saturated carbocycles. The number of aromatic amines is 1. The molecule has 2 aliphatic heterocycles. The molecule has 2 N–H and O–H groups in total. The molecule has 2 fully saturated rings. The number of ether oxygens (including phenoxy) is 1. The van der Waals surface area contributed by atoms with Crippen molar-refractivity contribution in [3.8, 4) is 17.1 Å². The van der Waals surface area contributed by atoms with Gasteiger partial charge in [-0.25, -0.2) is 4.79 Å². The number of H-pyrrole nitrogens is 1. The van der Waals surface area contributed by atoms with Gasteiger partial charge in [0.1, 0.15) is 11.9 Å². The summed E-state index contributed by atoms with van der Waals surface area (Å²) in [6.45, 7) is 0. The monoisotopic (exact) mass is 526 g/mol. The first-order valence-corrected chi connectivity index (χ1v) is 11.4. The summed E-state index contributed by atoms with van der Waals surface area (Å²) in [7, 11) is 0.